The van der Waals surface area contributed by atoms with Gasteiger partial charge in [0.1, 0.15) is 5.75 Å². The predicted octanol–water partition coefficient (Wildman–Crippen LogP) is 2.85. The van der Waals surface area contributed by atoms with Crippen LogP contribution in [0, 0.1) is 0 Å². The smallest absolute Gasteiger partial charge is 0.306 e. The lowest BCUT2D eigenvalue weighted by Crippen LogP contribution is -2.04. The molecule has 0 aliphatic carbocycles. The van der Waals surface area contributed by atoms with Gasteiger partial charge in [-0.05, 0) is 18.2 Å². The van der Waals surface area contributed by atoms with Gasteiger partial charge in [0.25, 0.3) is 0 Å². The van der Waals surface area contributed by atoms with E-state index in [1.165, 1.54) is 0 Å². The van der Waals surface area contributed by atoms with Crippen molar-refractivity contribution in [3.05, 3.63) is 28.2 Å². The van der Waals surface area contributed by atoms with Crippen LogP contribution < -0.4 is 4.74 Å². The van der Waals surface area contributed by atoms with E-state index in [4.69, 9.17) is 33.0 Å². The highest BCUT2D eigenvalue weighted by Gasteiger charge is 2.03. The number of ether oxygens (including phenoxy) is 1. The van der Waals surface area contributed by atoms with Crippen molar-refractivity contribution in [3.8, 4) is 5.75 Å². The van der Waals surface area contributed by atoms with Crippen LogP contribution in [0.5, 0.6) is 5.75 Å². The van der Waals surface area contributed by atoms with Crippen LogP contribution in [0.3, 0.4) is 0 Å². The van der Waals surface area contributed by atoms with Gasteiger partial charge in [0, 0.05) is 5.02 Å². The molecule has 0 saturated heterocycles. The lowest BCUT2D eigenvalue weighted by atomic mass is 10.3. The fourth-order valence-electron chi connectivity index (χ4n) is 0.841. The number of carbonyl (C=O) groups is 1. The molecule has 0 atom stereocenters. The van der Waals surface area contributed by atoms with Crippen LogP contribution in [0.15, 0.2) is 18.2 Å². The average molecular weight is 235 g/mol. The first kappa shape index (κ1) is 11.1. The van der Waals surface area contributed by atoms with Crippen LogP contribution in [0.1, 0.15) is 6.42 Å². The zero-order valence-corrected chi connectivity index (χ0v) is 8.68. The van der Waals surface area contributed by atoms with Gasteiger partial charge >= 0.3 is 5.97 Å². The normalized spacial score (nSPS) is 9.86. The third-order valence-electron chi connectivity index (χ3n) is 1.47. The summed E-state index contributed by atoms with van der Waals surface area (Å²) >= 11 is 11.5. The van der Waals surface area contributed by atoms with Gasteiger partial charge < -0.3 is 9.84 Å². The number of aliphatic carboxylic acids is 1. The molecule has 1 N–H and O–H groups in total. The molecule has 0 radical (unpaired) electrons. The first-order chi connectivity index (χ1) is 6.59. The highest BCUT2D eigenvalue weighted by molar-refractivity contribution is 6.35. The Bertz CT molecular complexity index is 339. The van der Waals surface area contributed by atoms with E-state index in [1.807, 2.05) is 0 Å². The second kappa shape index (κ2) is 5.08. The van der Waals surface area contributed by atoms with E-state index in [2.05, 4.69) is 0 Å². The third-order valence-corrected chi connectivity index (χ3v) is 2.00. The molecule has 3 nitrogen and oxygen atoms in total. The van der Waals surface area contributed by atoms with E-state index < -0.39 is 5.97 Å². The van der Waals surface area contributed by atoms with Crippen LogP contribution in [-0.4, -0.2) is 17.7 Å². The Hall–Kier alpha value is -0.930. The molecule has 0 bridgehead atoms. The maximum Gasteiger partial charge on any atom is 0.306 e. The predicted molar refractivity (Wildman–Crippen MR) is 54.2 cm³/mol. The largest absolute Gasteiger partial charge is 0.491 e. The van der Waals surface area contributed by atoms with Crippen molar-refractivity contribution in [2.45, 2.75) is 6.42 Å². The van der Waals surface area contributed by atoms with E-state index in [1.54, 1.807) is 18.2 Å². The van der Waals surface area contributed by atoms with Crippen molar-refractivity contribution >= 4 is 29.2 Å². The van der Waals surface area contributed by atoms with Gasteiger partial charge in [-0.2, -0.15) is 0 Å². The topological polar surface area (TPSA) is 46.5 Å². The second-order valence-electron chi connectivity index (χ2n) is 2.57. The fourth-order valence-corrected chi connectivity index (χ4v) is 1.30. The fraction of sp³-hybridized carbons (Fsp3) is 0.222. The summed E-state index contributed by atoms with van der Waals surface area (Å²) in [4.78, 5) is 10.2. The molecule has 0 aliphatic rings. The lowest BCUT2D eigenvalue weighted by Gasteiger charge is -2.06. The van der Waals surface area contributed by atoms with E-state index in [9.17, 15) is 4.79 Å². The average Bonchev–Trinajstić information content (AvgIpc) is 2.08. The van der Waals surface area contributed by atoms with E-state index in [-0.39, 0.29) is 13.0 Å². The number of carboxylic acids is 1. The van der Waals surface area contributed by atoms with E-state index in [0.29, 0.717) is 15.8 Å². The summed E-state index contributed by atoms with van der Waals surface area (Å²) in [5.41, 5.74) is 0. The zero-order valence-electron chi connectivity index (χ0n) is 7.17. The van der Waals surface area contributed by atoms with Gasteiger partial charge in [0.2, 0.25) is 0 Å². The molecule has 0 unspecified atom stereocenters. The number of rotatable bonds is 4. The number of hydrogen-bond acceptors (Lipinski definition) is 2. The van der Waals surface area contributed by atoms with Crippen LogP contribution >= 0.6 is 23.2 Å². The second-order valence-corrected chi connectivity index (χ2v) is 3.41. The van der Waals surface area contributed by atoms with Crippen molar-refractivity contribution in [1.29, 1.82) is 0 Å². The van der Waals surface area contributed by atoms with Crippen LogP contribution in [0.4, 0.5) is 0 Å². The molecule has 0 spiro atoms. The first-order valence-electron chi connectivity index (χ1n) is 3.89. The summed E-state index contributed by atoms with van der Waals surface area (Å²) in [5.74, 6) is -0.465. The minimum absolute atomic E-state index is 0.0566. The number of benzene rings is 1. The van der Waals surface area contributed by atoms with Gasteiger partial charge in [-0.1, -0.05) is 23.2 Å². The highest BCUT2D eigenvalue weighted by Crippen LogP contribution is 2.27. The molecule has 0 aliphatic heterocycles. The molecular formula is C9H8Cl2O3. The summed E-state index contributed by atoms with van der Waals surface area (Å²) < 4.78 is 5.13. The molecule has 0 aromatic heterocycles. The summed E-state index contributed by atoms with van der Waals surface area (Å²) in [5, 5.41) is 9.26. The molecular weight excluding hydrogens is 227 g/mol. The zero-order chi connectivity index (χ0) is 10.6. The number of hydrogen-bond donors (Lipinski definition) is 1. The Labute approximate surface area is 91.2 Å². The molecule has 14 heavy (non-hydrogen) atoms. The molecule has 1 aromatic carbocycles. The molecule has 0 amide bonds. The van der Waals surface area contributed by atoms with Gasteiger partial charge in [-0.3, -0.25) is 4.79 Å². The third kappa shape index (κ3) is 3.44. The van der Waals surface area contributed by atoms with Crippen molar-refractivity contribution in [2.75, 3.05) is 6.61 Å². The van der Waals surface area contributed by atoms with Crippen molar-refractivity contribution in [3.63, 3.8) is 0 Å². The van der Waals surface area contributed by atoms with Crippen molar-refractivity contribution in [1.82, 2.24) is 0 Å². The molecule has 1 aromatic rings. The Morgan fingerprint density at radius 3 is 2.71 bits per heavy atom. The Balaban J connectivity index is 2.55. The summed E-state index contributed by atoms with van der Waals surface area (Å²) in [7, 11) is 0. The molecule has 0 heterocycles. The van der Waals surface area contributed by atoms with Gasteiger partial charge in [-0.15, -0.1) is 0 Å². The molecule has 0 saturated carbocycles. The maximum atomic E-state index is 10.2. The molecule has 0 fully saturated rings. The SMILES string of the molecule is O=C(O)CCOc1ccc(Cl)cc1Cl. The lowest BCUT2D eigenvalue weighted by molar-refractivity contribution is -0.137. The highest BCUT2D eigenvalue weighted by atomic mass is 35.5. The number of halogens is 2. The monoisotopic (exact) mass is 234 g/mol. The van der Waals surface area contributed by atoms with E-state index >= 15 is 0 Å². The minimum Gasteiger partial charge on any atom is -0.491 e. The standard InChI is InChI=1S/C9H8Cl2O3/c10-6-1-2-8(7(11)5-6)14-4-3-9(12)13/h1-2,5H,3-4H2,(H,12,13). The van der Waals surface area contributed by atoms with Crippen molar-refractivity contribution < 1.29 is 14.6 Å². The summed E-state index contributed by atoms with van der Waals surface area (Å²) in [6.07, 6.45) is -0.0566. The molecule has 76 valence electrons. The van der Waals surface area contributed by atoms with Crippen molar-refractivity contribution in [2.24, 2.45) is 0 Å². The Kier molecular flexibility index (Phi) is 4.04. The van der Waals surface area contributed by atoms with Gasteiger partial charge in [0.15, 0.2) is 0 Å². The summed E-state index contributed by atoms with van der Waals surface area (Å²) in [6, 6.07) is 4.77. The first-order valence-corrected chi connectivity index (χ1v) is 4.65. The van der Waals surface area contributed by atoms with E-state index in [0.717, 1.165) is 0 Å². The van der Waals surface area contributed by atoms with Crippen LogP contribution in [0.2, 0.25) is 10.0 Å². The minimum atomic E-state index is -0.907. The van der Waals surface area contributed by atoms with Gasteiger partial charge in [-0.25, -0.2) is 0 Å². The molecule has 1 rings (SSSR count). The number of carboxylic acid groups (broad SMARTS) is 1. The van der Waals surface area contributed by atoms with Crippen LogP contribution in [-0.2, 0) is 4.79 Å². The van der Waals surface area contributed by atoms with Gasteiger partial charge in [0.05, 0.1) is 18.1 Å². The Morgan fingerprint density at radius 1 is 1.43 bits per heavy atom. The maximum absolute atomic E-state index is 10.2. The summed E-state index contributed by atoms with van der Waals surface area (Å²) in [6.45, 7) is 0.0939. The quantitative estimate of drug-likeness (QED) is 0.872. The van der Waals surface area contributed by atoms with Crippen LogP contribution in [0.25, 0.3) is 0 Å². The molecule has 5 heteroatoms. The Morgan fingerprint density at radius 2 is 2.14 bits per heavy atom.